The summed E-state index contributed by atoms with van der Waals surface area (Å²) in [6.45, 7) is 5.82. The van der Waals surface area contributed by atoms with Crippen LogP contribution in [0.1, 0.15) is 42.4 Å². The maximum atomic E-state index is 12.7. The number of hydrogen-bond acceptors (Lipinski definition) is 3. The van der Waals surface area contributed by atoms with Gasteiger partial charge in [0.1, 0.15) is 0 Å². The number of benzene rings is 2. The molecule has 168 valence electrons. The molecule has 3 rings (SSSR count). The van der Waals surface area contributed by atoms with Crippen LogP contribution in [0.4, 0.5) is 5.69 Å². The lowest BCUT2D eigenvalue weighted by molar-refractivity contribution is -0.132. The van der Waals surface area contributed by atoms with Crippen LogP contribution in [0.2, 0.25) is 0 Å². The molecule has 0 aliphatic carbocycles. The van der Waals surface area contributed by atoms with Gasteiger partial charge in [-0.15, -0.1) is 0 Å². The molecule has 1 heterocycles. The molecule has 0 aromatic heterocycles. The molecule has 0 spiro atoms. The first kappa shape index (κ1) is 23.3. The smallest absolute Gasteiger partial charge is 0.232 e. The summed E-state index contributed by atoms with van der Waals surface area (Å²) < 4.78 is 26.2. The third-order valence-electron chi connectivity index (χ3n) is 6.33. The molecule has 0 radical (unpaired) electrons. The first-order valence-electron chi connectivity index (χ1n) is 11.1. The Balaban J connectivity index is 1.50. The highest BCUT2D eigenvalue weighted by atomic mass is 32.2. The van der Waals surface area contributed by atoms with Crippen molar-refractivity contribution in [3.8, 4) is 0 Å². The molecule has 0 saturated carbocycles. The molecule has 0 atom stereocenters. The Bertz CT molecular complexity index is 981. The van der Waals surface area contributed by atoms with Crippen molar-refractivity contribution < 1.29 is 13.2 Å². The van der Waals surface area contributed by atoms with Gasteiger partial charge in [-0.2, -0.15) is 0 Å². The van der Waals surface area contributed by atoms with Crippen LogP contribution >= 0.6 is 0 Å². The molecular formula is C25H34N2O3S. The molecule has 2 aromatic rings. The van der Waals surface area contributed by atoms with Gasteiger partial charge in [0.15, 0.2) is 0 Å². The lowest BCUT2D eigenvalue weighted by Gasteiger charge is -2.32. The van der Waals surface area contributed by atoms with E-state index in [-0.39, 0.29) is 5.91 Å². The number of likely N-dealkylation sites (tertiary alicyclic amines) is 1. The largest absolute Gasteiger partial charge is 0.343 e. The van der Waals surface area contributed by atoms with Crippen LogP contribution < -0.4 is 4.31 Å². The van der Waals surface area contributed by atoms with Crippen molar-refractivity contribution in [2.75, 3.05) is 30.2 Å². The van der Waals surface area contributed by atoms with Crippen LogP contribution in [0.25, 0.3) is 0 Å². The van der Waals surface area contributed by atoms with E-state index in [9.17, 15) is 13.2 Å². The van der Waals surface area contributed by atoms with E-state index in [2.05, 4.69) is 24.3 Å². The topological polar surface area (TPSA) is 57.7 Å². The van der Waals surface area contributed by atoms with E-state index >= 15 is 0 Å². The number of rotatable bonds is 8. The summed E-state index contributed by atoms with van der Waals surface area (Å²) in [5.74, 6) is 0.754. The van der Waals surface area contributed by atoms with Gasteiger partial charge >= 0.3 is 0 Å². The minimum atomic E-state index is -3.41. The van der Waals surface area contributed by atoms with Crippen molar-refractivity contribution in [1.82, 2.24) is 4.90 Å². The number of carbonyl (C=O) groups is 1. The first-order valence-corrected chi connectivity index (χ1v) is 13.0. The van der Waals surface area contributed by atoms with E-state index in [1.165, 1.54) is 16.1 Å². The second-order valence-electron chi connectivity index (χ2n) is 8.67. The Morgan fingerprint density at radius 3 is 2.35 bits per heavy atom. The van der Waals surface area contributed by atoms with Gasteiger partial charge in [0.05, 0.1) is 11.9 Å². The Hall–Kier alpha value is -2.34. The number of sulfonamides is 1. The predicted molar refractivity (Wildman–Crippen MR) is 127 cm³/mol. The lowest BCUT2D eigenvalue weighted by Crippen LogP contribution is -2.39. The number of hydrogen-bond donors (Lipinski definition) is 0. The summed E-state index contributed by atoms with van der Waals surface area (Å²) in [4.78, 5) is 14.7. The number of anilines is 1. The number of piperidine rings is 1. The molecular weight excluding hydrogens is 408 g/mol. The fourth-order valence-corrected chi connectivity index (χ4v) is 5.35. The van der Waals surface area contributed by atoms with Gasteiger partial charge in [-0.05, 0) is 68.2 Å². The molecule has 1 aliphatic rings. The quantitative estimate of drug-likeness (QED) is 0.611. The molecule has 1 fully saturated rings. The van der Waals surface area contributed by atoms with Crippen LogP contribution in [-0.2, 0) is 21.2 Å². The van der Waals surface area contributed by atoms with Gasteiger partial charge in [0.2, 0.25) is 15.9 Å². The van der Waals surface area contributed by atoms with Gasteiger partial charge in [-0.25, -0.2) is 8.42 Å². The lowest BCUT2D eigenvalue weighted by atomic mass is 9.90. The van der Waals surface area contributed by atoms with Crippen LogP contribution in [0.5, 0.6) is 0 Å². The van der Waals surface area contributed by atoms with E-state index in [1.54, 1.807) is 0 Å². The summed E-state index contributed by atoms with van der Waals surface area (Å²) in [5.41, 5.74) is 4.08. The van der Waals surface area contributed by atoms with Crippen molar-refractivity contribution in [3.05, 3.63) is 65.2 Å². The average Bonchev–Trinajstić information content (AvgIpc) is 2.74. The normalized spacial score (nSPS) is 15.1. The van der Waals surface area contributed by atoms with Crippen LogP contribution in [0.15, 0.2) is 48.5 Å². The Morgan fingerprint density at radius 2 is 1.71 bits per heavy atom. The highest BCUT2D eigenvalue weighted by Gasteiger charge is 2.24. The zero-order chi connectivity index (χ0) is 22.4. The zero-order valence-corrected chi connectivity index (χ0v) is 19.7. The van der Waals surface area contributed by atoms with Crippen LogP contribution in [0, 0.1) is 19.8 Å². The molecule has 0 bridgehead atoms. The fraction of sp³-hybridized carbons (Fsp3) is 0.480. The average molecular weight is 443 g/mol. The second-order valence-corrected chi connectivity index (χ2v) is 10.6. The van der Waals surface area contributed by atoms with Gasteiger partial charge in [0, 0.05) is 26.1 Å². The zero-order valence-electron chi connectivity index (χ0n) is 18.9. The fourth-order valence-electron chi connectivity index (χ4n) is 4.34. The van der Waals surface area contributed by atoms with Crippen molar-refractivity contribution in [1.29, 1.82) is 0 Å². The minimum absolute atomic E-state index is 0.132. The van der Waals surface area contributed by atoms with Crippen molar-refractivity contribution in [2.24, 2.45) is 5.92 Å². The standard InChI is InChI=1S/C25H34N2O3S/c1-20-9-7-12-24(21(20)2)27(31(3,29)30)16-8-13-25(28)26-17-14-23(15-18-26)19-22-10-5-4-6-11-22/h4-7,9-12,23H,8,13-19H2,1-3H3. The summed E-state index contributed by atoms with van der Waals surface area (Å²) in [7, 11) is -3.41. The van der Waals surface area contributed by atoms with Gasteiger partial charge in [0.25, 0.3) is 0 Å². The maximum Gasteiger partial charge on any atom is 0.232 e. The third-order valence-corrected chi connectivity index (χ3v) is 7.51. The van der Waals surface area contributed by atoms with E-state index in [4.69, 9.17) is 0 Å². The van der Waals surface area contributed by atoms with E-state index in [0.717, 1.165) is 43.5 Å². The van der Waals surface area contributed by atoms with Gasteiger partial charge in [-0.3, -0.25) is 9.10 Å². The van der Waals surface area contributed by atoms with Crippen molar-refractivity contribution >= 4 is 21.6 Å². The molecule has 1 aliphatic heterocycles. The Morgan fingerprint density at radius 1 is 1.03 bits per heavy atom. The van der Waals surface area contributed by atoms with E-state index < -0.39 is 10.0 Å². The maximum absolute atomic E-state index is 12.7. The summed E-state index contributed by atoms with van der Waals surface area (Å²) in [6.07, 6.45) is 5.25. The SMILES string of the molecule is Cc1cccc(N(CCCC(=O)N2CCC(Cc3ccccc3)CC2)S(C)(=O)=O)c1C. The summed E-state index contributed by atoms with van der Waals surface area (Å²) in [6, 6.07) is 16.2. The van der Waals surface area contributed by atoms with Crippen LogP contribution in [-0.4, -0.2) is 45.1 Å². The van der Waals surface area contributed by atoms with E-state index in [0.29, 0.717) is 31.0 Å². The number of aryl methyl sites for hydroxylation is 1. The van der Waals surface area contributed by atoms with Crippen molar-refractivity contribution in [3.63, 3.8) is 0 Å². The Kier molecular flexibility index (Phi) is 7.76. The van der Waals surface area contributed by atoms with E-state index in [1.807, 2.05) is 43.0 Å². The number of carbonyl (C=O) groups excluding carboxylic acids is 1. The summed E-state index contributed by atoms with van der Waals surface area (Å²) >= 11 is 0. The first-order chi connectivity index (χ1) is 14.8. The second kappa shape index (κ2) is 10.3. The molecule has 1 saturated heterocycles. The molecule has 0 unspecified atom stereocenters. The van der Waals surface area contributed by atoms with Crippen molar-refractivity contribution in [2.45, 2.75) is 46.0 Å². The van der Waals surface area contributed by atoms with Gasteiger partial charge in [-0.1, -0.05) is 42.5 Å². The third kappa shape index (κ3) is 6.33. The Labute approximate surface area is 187 Å². The molecule has 1 amide bonds. The predicted octanol–water partition coefficient (Wildman–Crippen LogP) is 4.33. The highest BCUT2D eigenvalue weighted by molar-refractivity contribution is 7.92. The highest BCUT2D eigenvalue weighted by Crippen LogP contribution is 2.26. The molecule has 31 heavy (non-hydrogen) atoms. The molecule has 0 N–H and O–H groups in total. The number of nitrogens with zero attached hydrogens (tertiary/aromatic N) is 2. The monoisotopic (exact) mass is 442 g/mol. The summed E-state index contributed by atoms with van der Waals surface area (Å²) in [5, 5.41) is 0. The van der Waals surface area contributed by atoms with Gasteiger partial charge < -0.3 is 4.90 Å². The molecule has 5 nitrogen and oxygen atoms in total. The molecule has 2 aromatic carbocycles. The minimum Gasteiger partial charge on any atom is -0.343 e. The number of amides is 1. The van der Waals surface area contributed by atoms with Crippen LogP contribution in [0.3, 0.4) is 0 Å². The molecule has 6 heteroatoms.